The van der Waals surface area contributed by atoms with E-state index in [4.69, 9.17) is 4.98 Å². The molecule has 8 heteroatoms. The van der Waals surface area contributed by atoms with Crippen LogP contribution in [0.25, 0.3) is 10.2 Å². The van der Waals surface area contributed by atoms with Crippen LogP contribution in [0.1, 0.15) is 46.2 Å². The molecule has 0 saturated carbocycles. The van der Waals surface area contributed by atoms with E-state index < -0.39 is 10.0 Å². The molecular formula is C21H23N3O3S2. The maximum absolute atomic E-state index is 13.4. The van der Waals surface area contributed by atoms with E-state index in [9.17, 15) is 13.2 Å². The number of hydrogen-bond acceptors (Lipinski definition) is 5. The second-order valence-electron chi connectivity index (χ2n) is 7.43. The molecule has 1 saturated heterocycles. The number of rotatable bonds is 4. The molecule has 0 spiro atoms. The molecule has 4 rings (SSSR count). The van der Waals surface area contributed by atoms with Crippen molar-refractivity contribution in [1.29, 1.82) is 0 Å². The average Bonchev–Trinajstić information content (AvgIpc) is 3.12. The average molecular weight is 430 g/mol. The Morgan fingerprint density at radius 3 is 2.76 bits per heavy atom. The van der Waals surface area contributed by atoms with Gasteiger partial charge in [0.25, 0.3) is 5.91 Å². The minimum absolute atomic E-state index is 0.0544. The first-order valence-electron chi connectivity index (χ1n) is 9.57. The molecule has 1 aliphatic heterocycles. The summed E-state index contributed by atoms with van der Waals surface area (Å²) in [6, 6.07) is 13.1. The number of piperidine rings is 1. The van der Waals surface area contributed by atoms with Gasteiger partial charge >= 0.3 is 0 Å². The van der Waals surface area contributed by atoms with Crippen LogP contribution < -0.4 is 4.72 Å². The SMILES string of the molecule is Cc1ccc(C(=O)N2CCCC[C@@H]2c2nc3ccccc3s2)cc1NS(C)(=O)=O. The molecule has 1 fully saturated rings. The first kappa shape index (κ1) is 19.8. The molecule has 1 aliphatic rings. The highest BCUT2D eigenvalue weighted by Crippen LogP contribution is 2.36. The molecule has 3 aromatic rings. The van der Waals surface area contributed by atoms with E-state index in [0.29, 0.717) is 17.8 Å². The molecule has 2 heterocycles. The first-order chi connectivity index (χ1) is 13.8. The number of carbonyl (C=O) groups is 1. The molecule has 6 nitrogen and oxygen atoms in total. The van der Waals surface area contributed by atoms with Crippen LogP contribution in [0.2, 0.25) is 0 Å². The van der Waals surface area contributed by atoms with Gasteiger partial charge in [-0.15, -0.1) is 11.3 Å². The number of aryl methyl sites for hydroxylation is 1. The predicted octanol–water partition coefficient (Wildman–Crippen LogP) is 4.34. The summed E-state index contributed by atoms with van der Waals surface area (Å²) in [5.74, 6) is -0.0921. The Balaban J connectivity index is 1.66. The smallest absolute Gasteiger partial charge is 0.254 e. The maximum Gasteiger partial charge on any atom is 0.254 e. The van der Waals surface area contributed by atoms with E-state index in [-0.39, 0.29) is 11.9 Å². The third kappa shape index (κ3) is 4.28. The van der Waals surface area contributed by atoms with E-state index in [1.165, 1.54) is 0 Å². The van der Waals surface area contributed by atoms with Gasteiger partial charge in [-0.2, -0.15) is 0 Å². The topological polar surface area (TPSA) is 79.4 Å². The molecule has 1 aromatic heterocycles. The molecular weight excluding hydrogens is 406 g/mol. The number of likely N-dealkylation sites (tertiary alicyclic amines) is 1. The van der Waals surface area contributed by atoms with Crippen LogP contribution in [-0.2, 0) is 10.0 Å². The number of thiazole rings is 1. The van der Waals surface area contributed by atoms with E-state index in [0.717, 1.165) is 46.3 Å². The number of anilines is 1. The number of nitrogens with zero attached hydrogens (tertiary/aromatic N) is 2. The van der Waals surface area contributed by atoms with Crippen molar-refractivity contribution in [1.82, 2.24) is 9.88 Å². The largest absolute Gasteiger partial charge is 0.329 e. The Morgan fingerprint density at radius 2 is 2.00 bits per heavy atom. The monoisotopic (exact) mass is 429 g/mol. The normalized spacial score (nSPS) is 17.4. The zero-order valence-electron chi connectivity index (χ0n) is 16.4. The van der Waals surface area contributed by atoms with Gasteiger partial charge in [0.15, 0.2) is 0 Å². The van der Waals surface area contributed by atoms with Crippen molar-refractivity contribution in [3.8, 4) is 0 Å². The lowest BCUT2D eigenvalue weighted by molar-refractivity contribution is 0.0611. The summed E-state index contributed by atoms with van der Waals surface area (Å²) in [5, 5.41) is 0.959. The van der Waals surface area contributed by atoms with Crippen LogP contribution in [-0.4, -0.2) is 37.0 Å². The summed E-state index contributed by atoms with van der Waals surface area (Å²) < 4.78 is 26.9. The molecule has 1 N–H and O–H groups in total. The lowest BCUT2D eigenvalue weighted by Gasteiger charge is -2.34. The van der Waals surface area contributed by atoms with Crippen LogP contribution in [0.15, 0.2) is 42.5 Å². The summed E-state index contributed by atoms with van der Waals surface area (Å²) in [4.78, 5) is 20.0. The zero-order valence-corrected chi connectivity index (χ0v) is 18.0. The number of amides is 1. The van der Waals surface area contributed by atoms with Gasteiger partial charge in [0.2, 0.25) is 10.0 Å². The molecule has 0 unspecified atom stereocenters. The number of para-hydroxylation sites is 1. The van der Waals surface area contributed by atoms with Gasteiger partial charge in [-0.1, -0.05) is 18.2 Å². The van der Waals surface area contributed by atoms with E-state index in [1.807, 2.05) is 30.0 Å². The molecule has 1 amide bonds. The molecule has 29 heavy (non-hydrogen) atoms. The molecule has 1 atom stereocenters. The van der Waals surface area contributed by atoms with Crippen molar-refractivity contribution in [3.05, 3.63) is 58.6 Å². The second kappa shape index (κ2) is 7.76. The van der Waals surface area contributed by atoms with Crippen LogP contribution in [0, 0.1) is 6.92 Å². The zero-order chi connectivity index (χ0) is 20.6. The Bertz CT molecular complexity index is 1140. The highest BCUT2D eigenvalue weighted by atomic mass is 32.2. The summed E-state index contributed by atoms with van der Waals surface area (Å²) >= 11 is 1.64. The van der Waals surface area contributed by atoms with Gasteiger partial charge in [-0.25, -0.2) is 13.4 Å². The van der Waals surface area contributed by atoms with Crippen molar-refractivity contribution < 1.29 is 13.2 Å². The van der Waals surface area contributed by atoms with Gasteiger partial charge in [-0.3, -0.25) is 9.52 Å². The quantitative estimate of drug-likeness (QED) is 0.669. The lowest BCUT2D eigenvalue weighted by atomic mass is 10.0. The number of sulfonamides is 1. The molecule has 152 valence electrons. The van der Waals surface area contributed by atoms with Crippen molar-refractivity contribution in [2.24, 2.45) is 0 Å². The number of fused-ring (bicyclic) bond motifs is 1. The Morgan fingerprint density at radius 1 is 1.21 bits per heavy atom. The fourth-order valence-electron chi connectivity index (χ4n) is 3.69. The van der Waals surface area contributed by atoms with Gasteiger partial charge in [0.05, 0.1) is 28.2 Å². The molecule has 2 aromatic carbocycles. The van der Waals surface area contributed by atoms with Crippen molar-refractivity contribution in [2.75, 3.05) is 17.5 Å². The highest BCUT2D eigenvalue weighted by molar-refractivity contribution is 7.92. The van der Waals surface area contributed by atoms with Crippen LogP contribution in [0.3, 0.4) is 0 Å². The van der Waals surface area contributed by atoms with Crippen molar-refractivity contribution in [3.63, 3.8) is 0 Å². The molecule has 0 bridgehead atoms. The van der Waals surface area contributed by atoms with E-state index >= 15 is 0 Å². The summed E-state index contributed by atoms with van der Waals surface area (Å²) in [6.45, 7) is 2.48. The third-order valence-electron chi connectivity index (χ3n) is 5.14. The van der Waals surface area contributed by atoms with E-state index in [2.05, 4.69) is 10.8 Å². The summed E-state index contributed by atoms with van der Waals surface area (Å²) in [5.41, 5.74) is 2.65. The Labute approximate surface area is 174 Å². The Kier molecular flexibility index (Phi) is 5.31. The van der Waals surface area contributed by atoms with Gasteiger partial charge < -0.3 is 4.90 Å². The Hall–Kier alpha value is -2.45. The van der Waals surface area contributed by atoms with Gasteiger partial charge in [0, 0.05) is 12.1 Å². The first-order valence-corrected chi connectivity index (χ1v) is 12.3. The number of hydrogen-bond donors (Lipinski definition) is 1. The minimum atomic E-state index is -3.42. The van der Waals surface area contributed by atoms with E-state index in [1.54, 1.807) is 29.5 Å². The highest BCUT2D eigenvalue weighted by Gasteiger charge is 2.31. The van der Waals surface area contributed by atoms with Crippen molar-refractivity contribution in [2.45, 2.75) is 32.2 Å². The predicted molar refractivity (Wildman–Crippen MR) is 117 cm³/mol. The van der Waals surface area contributed by atoms with Crippen molar-refractivity contribution >= 4 is 43.2 Å². The van der Waals surface area contributed by atoms with Crippen LogP contribution >= 0.6 is 11.3 Å². The third-order valence-corrected chi connectivity index (χ3v) is 6.87. The number of benzene rings is 2. The molecule has 0 radical (unpaired) electrons. The van der Waals surface area contributed by atoms with Gasteiger partial charge in [-0.05, 0) is 56.0 Å². The van der Waals surface area contributed by atoms with Crippen LogP contribution in [0.4, 0.5) is 5.69 Å². The number of carbonyl (C=O) groups excluding carboxylic acids is 1. The number of aromatic nitrogens is 1. The molecule has 0 aliphatic carbocycles. The fourth-order valence-corrected chi connectivity index (χ4v) is 5.43. The van der Waals surface area contributed by atoms with Crippen LogP contribution in [0.5, 0.6) is 0 Å². The summed E-state index contributed by atoms with van der Waals surface area (Å²) in [6.07, 6.45) is 3.99. The minimum Gasteiger partial charge on any atom is -0.329 e. The standard InChI is InChI=1S/C21H23N3O3S2/c1-14-10-11-15(13-17(14)23-29(2,26)27)21(25)24-12-6-5-8-18(24)20-22-16-7-3-4-9-19(16)28-20/h3-4,7,9-11,13,18,23H,5-6,8,12H2,1-2H3/t18-/m1/s1. The maximum atomic E-state index is 13.4. The second-order valence-corrected chi connectivity index (χ2v) is 10.2. The fraction of sp³-hybridized carbons (Fsp3) is 0.333. The lowest BCUT2D eigenvalue weighted by Crippen LogP contribution is -2.38. The van der Waals surface area contributed by atoms with Gasteiger partial charge in [0.1, 0.15) is 5.01 Å². The summed E-state index contributed by atoms with van der Waals surface area (Å²) in [7, 11) is -3.42. The number of nitrogens with one attached hydrogen (secondary N) is 1.